The molecule has 0 bridgehead atoms. The third kappa shape index (κ3) is 3.73. The van der Waals surface area contributed by atoms with E-state index in [4.69, 9.17) is 4.74 Å². The van der Waals surface area contributed by atoms with E-state index in [0.717, 1.165) is 0 Å². The first kappa shape index (κ1) is 14.0. The van der Waals surface area contributed by atoms with Crippen molar-refractivity contribution in [3.05, 3.63) is 27.5 Å². The minimum atomic E-state index is -2.65. The number of hydrogen-bond acceptors (Lipinski definition) is 3. The van der Waals surface area contributed by atoms with Crippen molar-refractivity contribution in [1.82, 2.24) is 4.98 Å². The predicted molar refractivity (Wildman–Crippen MR) is 62.0 cm³/mol. The van der Waals surface area contributed by atoms with E-state index < -0.39 is 12.4 Å². The zero-order chi connectivity index (χ0) is 13.0. The Morgan fingerprint density at radius 2 is 2.24 bits per heavy atom. The first-order valence-electron chi connectivity index (χ1n) is 5.05. The molecule has 94 valence electrons. The Kier molecular flexibility index (Phi) is 4.99. The van der Waals surface area contributed by atoms with E-state index in [9.17, 15) is 13.6 Å². The number of halogens is 3. The normalized spacial score (nSPS) is 10.7. The summed E-state index contributed by atoms with van der Waals surface area (Å²) in [7, 11) is 0. The van der Waals surface area contributed by atoms with E-state index in [0.29, 0.717) is 10.0 Å². The van der Waals surface area contributed by atoms with Crippen LogP contribution in [0, 0.1) is 6.92 Å². The van der Waals surface area contributed by atoms with Gasteiger partial charge in [0.1, 0.15) is 5.69 Å². The van der Waals surface area contributed by atoms with Crippen molar-refractivity contribution in [2.24, 2.45) is 0 Å². The second-order valence-electron chi connectivity index (χ2n) is 3.40. The highest BCUT2D eigenvalue weighted by atomic mass is 79.9. The smallest absolute Gasteiger partial charge is 0.311 e. The average Bonchev–Trinajstić information content (AvgIpc) is 2.21. The van der Waals surface area contributed by atoms with Crippen molar-refractivity contribution >= 4 is 21.9 Å². The zero-order valence-electron chi connectivity index (χ0n) is 9.47. The van der Waals surface area contributed by atoms with E-state index in [1.807, 2.05) is 0 Å². The van der Waals surface area contributed by atoms with Gasteiger partial charge in [-0.2, -0.15) is 0 Å². The Morgan fingerprint density at radius 3 is 2.76 bits per heavy atom. The quantitative estimate of drug-likeness (QED) is 0.802. The lowest BCUT2D eigenvalue weighted by atomic mass is 10.1. The molecule has 0 spiro atoms. The molecule has 0 fully saturated rings. The number of alkyl halides is 2. The van der Waals surface area contributed by atoms with Crippen molar-refractivity contribution in [2.75, 3.05) is 6.61 Å². The second kappa shape index (κ2) is 6.05. The van der Waals surface area contributed by atoms with Gasteiger partial charge in [-0.15, -0.1) is 0 Å². The second-order valence-corrected chi connectivity index (χ2v) is 4.26. The number of aromatic nitrogens is 1. The Bertz CT molecular complexity index is 424. The molecule has 1 aromatic rings. The highest BCUT2D eigenvalue weighted by Gasteiger charge is 2.17. The predicted octanol–water partition coefficient (Wildman–Crippen LogP) is 3.20. The molecule has 0 aliphatic carbocycles. The SMILES string of the molecule is CCOC(=O)Cc1nc(C(F)F)c(C)cc1Br. The lowest BCUT2D eigenvalue weighted by Gasteiger charge is -2.09. The molecule has 0 amide bonds. The maximum Gasteiger partial charge on any atom is 0.311 e. The van der Waals surface area contributed by atoms with Gasteiger partial charge in [-0.25, -0.2) is 13.8 Å². The largest absolute Gasteiger partial charge is 0.466 e. The van der Waals surface area contributed by atoms with Crippen molar-refractivity contribution in [3.8, 4) is 0 Å². The molecule has 1 heterocycles. The average molecular weight is 308 g/mol. The highest BCUT2D eigenvalue weighted by molar-refractivity contribution is 9.10. The Labute approximate surface area is 106 Å². The molecule has 0 aliphatic rings. The molecule has 0 saturated heterocycles. The number of esters is 1. The van der Waals surface area contributed by atoms with Gasteiger partial charge in [0.2, 0.25) is 0 Å². The van der Waals surface area contributed by atoms with Crippen molar-refractivity contribution in [2.45, 2.75) is 26.7 Å². The number of ether oxygens (including phenoxy) is 1. The van der Waals surface area contributed by atoms with Crippen LogP contribution in [0.25, 0.3) is 0 Å². The van der Waals surface area contributed by atoms with Gasteiger partial charge in [0.25, 0.3) is 6.43 Å². The van der Waals surface area contributed by atoms with Crippen LogP contribution in [0.4, 0.5) is 8.78 Å². The van der Waals surface area contributed by atoms with Crippen LogP contribution in [-0.2, 0) is 16.0 Å². The third-order valence-electron chi connectivity index (χ3n) is 2.10. The summed E-state index contributed by atoms with van der Waals surface area (Å²) in [4.78, 5) is 15.1. The summed E-state index contributed by atoms with van der Waals surface area (Å²) in [5, 5.41) is 0. The fourth-order valence-corrected chi connectivity index (χ4v) is 1.90. The summed E-state index contributed by atoms with van der Waals surface area (Å²) >= 11 is 3.19. The van der Waals surface area contributed by atoms with Crippen LogP contribution >= 0.6 is 15.9 Å². The molecular formula is C11H12BrF2NO2. The molecule has 17 heavy (non-hydrogen) atoms. The van der Waals surface area contributed by atoms with Gasteiger partial charge in [-0.1, -0.05) is 0 Å². The Balaban J connectivity index is 2.99. The summed E-state index contributed by atoms with van der Waals surface area (Å²) in [5.74, 6) is -0.482. The molecule has 0 radical (unpaired) electrons. The minimum Gasteiger partial charge on any atom is -0.466 e. The first-order chi connectivity index (χ1) is 7.95. The number of carbonyl (C=O) groups is 1. The summed E-state index contributed by atoms with van der Waals surface area (Å²) < 4.78 is 30.5. The van der Waals surface area contributed by atoms with Gasteiger partial charge in [0.05, 0.1) is 18.7 Å². The molecular weight excluding hydrogens is 296 g/mol. The van der Waals surface area contributed by atoms with E-state index in [2.05, 4.69) is 20.9 Å². The fraction of sp³-hybridized carbons (Fsp3) is 0.455. The molecule has 1 rings (SSSR count). The van der Waals surface area contributed by atoms with Crippen LogP contribution in [0.2, 0.25) is 0 Å². The molecule has 0 aliphatic heterocycles. The molecule has 6 heteroatoms. The van der Waals surface area contributed by atoms with Crippen LogP contribution in [0.5, 0.6) is 0 Å². The number of pyridine rings is 1. The van der Waals surface area contributed by atoms with Crippen LogP contribution < -0.4 is 0 Å². The summed E-state index contributed by atoms with van der Waals surface area (Å²) in [6.45, 7) is 3.48. The molecule has 3 nitrogen and oxygen atoms in total. The molecule has 0 N–H and O–H groups in total. The number of nitrogens with zero attached hydrogens (tertiary/aromatic N) is 1. The maximum atomic E-state index is 12.6. The van der Waals surface area contributed by atoms with E-state index in [1.165, 1.54) is 6.07 Å². The molecule has 0 saturated carbocycles. The maximum absolute atomic E-state index is 12.6. The molecule has 0 aromatic carbocycles. The highest BCUT2D eigenvalue weighted by Crippen LogP contribution is 2.25. The van der Waals surface area contributed by atoms with E-state index >= 15 is 0 Å². The topological polar surface area (TPSA) is 39.2 Å². The lowest BCUT2D eigenvalue weighted by Crippen LogP contribution is -2.11. The number of aryl methyl sites for hydroxylation is 1. The van der Waals surface area contributed by atoms with Crippen molar-refractivity contribution < 1.29 is 18.3 Å². The van der Waals surface area contributed by atoms with Crippen LogP contribution in [-0.4, -0.2) is 17.6 Å². The Morgan fingerprint density at radius 1 is 1.59 bits per heavy atom. The number of hydrogen-bond donors (Lipinski definition) is 0. The van der Waals surface area contributed by atoms with Crippen LogP contribution in [0.15, 0.2) is 10.5 Å². The van der Waals surface area contributed by atoms with Gasteiger partial charge < -0.3 is 4.74 Å². The van der Waals surface area contributed by atoms with Crippen LogP contribution in [0.1, 0.15) is 30.3 Å². The van der Waals surface area contributed by atoms with E-state index in [-0.39, 0.29) is 24.4 Å². The van der Waals surface area contributed by atoms with Crippen molar-refractivity contribution in [3.63, 3.8) is 0 Å². The first-order valence-corrected chi connectivity index (χ1v) is 5.84. The summed E-state index contributed by atoms with van der Waals surface area (Å²) in [5.41, 5.74) is 0.358. The number of carbonyl (C=O) groups excluding carboxylic acids is 1. The van der Waals surface area contributed by atoms with Crippen LogP contribution in [0.3, 0.4) is 0 Å². The minimum absolute atomic E-state index is 0.117. The van der Waals surface area contributed by atoms with Gasteiger partial charge in [-0.3, -0.25) is 4.79 Å². The Hall–Kier alpha value is -1.04. The molecule has 1 aromatic heterocycles. The standard InChI is InChI=1S/C11H12BrF2NO2/c1-3-17-9(16)5-8-7(12)4-6(2)10(15-8)11(13)14/h4,11H,3,5H2,1-2H3. The number of rotatable bonds is 4. The van der Waals surface area contributed by atoms with Gasteiger partial charge in [0.15, 0.2) is 0 Å². The monoisotopic (exact) mass is 307 g/mol. The fourth-order valence-electron chi connectivity index (χ4n) is 1.33. The lowest BCUT2D eigenvalue weighted by molar-refractivity contribution is -0.142. The molecule has 0 unspecified atom stereocenters. The third-order valence-corrected chi connectivity index (χ3v) is 2.79. The van der Waals surface area contributed by atoms with Gasteiger partial charge in [-0.05, 0) is 41.4 Å². The zero-order valence-corrected chi connectivity index (χ0v) is 11.1. The summed E-state index contributed by atoms with van der Waals surface area (Å²) in [6, 6.07) is 1.53. The van der Waals surface area contributed by atoms with E-state index in [1.54, 1.807) is 13.8 Å². The van der Waals surface area contributed by atoms with Gasteiger partial charge >= 0.3 is 5.97 Å². The summed E-state index contributed by atoms with van der Waals surface area (Å²) in [6.07, 6.45) is -2.77. The molecule has 0 atom stereocenters. The van der Waals surface area contributed by atoms with Crippen molar-refractivity contribution in [1.29, 1.82) is 0 Å². The van der Waals surface area contributed by atoms with Gasteiger partial charge in [0, 0.05) is 4.47 Å².